The third kappa shape index (κ3) is 2.14. The second kappa shape index (κ2) is 4.97. The van der Waals surface area contributed by atoms with Crippen LogP contribution in [0.25, 0.3) is 10.9 Å². The molecule has 2 heteroatoms. The molecule has 0 aliphatic carbocycles. The highest BCUT2D eigenvalue weighted by atomic mass is 15.0. The van der Waals surface area contributed by atoms with Gasteiger partial charge in [-0.3, -0.25) is 0 Å². The number of aromatic nitrogens is 1. The zero-order valence-electron chi connectivity index (χ0n) is 12.1. The summed E-state index contributed by atoms with van der Waals surface area (Å²) in [5.41, 5.74) is 5.99. The molecule has 1 aromatic heterocycles. The molecule has 0 aliphatic heterocycles. The molecule has 0 bridgehead atoms. The first-order valence-corrected chi connectivity index (χ1v) is 6.84. The van der Waals surface area contributed by atoms with Gasteiger partial charge in [0.15, 0.2) is 0 Å². The number of benzene rings is 2. The van der Waals surface area contributed by atoms with E-state index in [0.29, 0.717) is 0 Å². The molecule has 0 spiro atoms. The lowest BCUT2D eigenvalue weighted by atomic mass is 10.2. The van der Waals surface area contributed by atoms with Gasteiger partial charge in [0.1, 0.15) is 0 Å². The Morgan fingerprint density at radius 2 is 1.60 bits per heavy atom. The minimum absolute atomic E-state index is 0.977. The Kier molecular flexibility index (Phi) is 3.15. The van der Waals surface area contributed by atoms with Gasteiger partial charge in [-0.1, -0.05) is 35.9 Å². The van der Waals surface area contributed by atoms with Crippen LogP contribution >= 0.6 is 0 Å². The van der Waals surface area contributed by atoms with Gasteiger partial charge in [-0.2, -0.15) is 0 Å². The highest BCUT2D eigenvalue weighted by molar-refractivity contribution is 5.91. The number of nitrogens with zero attached hydrogens (tertiary/aromatic N) is 2. The first kappa shape index (κ1) is 12.7. The van der Waals surface area contributed by atoms with Crippen LogP contribution in [0.15, 0.2) is 53.5 Å². The van der Waals surface area contributed by atoms with Crippen LogP contribution in [0.3, 0.4) is 0 Å². The fourth-order valence-corrected chi connectivity index (χ4v) is 2.46. The average Bonchev–Trinajstić information content (AvgIpc) is 2.71. The number of fused-ring (bicyclic) bond motifs is 1. The molecule has 0 N–H and O–H groups in total. The van der Waals surface area contributed by atoms with Gasteiger partial charge in [0, 0.05) is 11.1 Å². The van der Waals surface area contributed by atoms with Crippen molar-refractivity contribution in [3.8, 4) is 0 Å². The van der Waals surface area contributed by atoms with E-state index in [0.717, 1.165) is 5.69 Å². The summed E-state index contributed by atoms with van der Waals surface area (Å²) in [5.74, 6) is 0. The maximum atomic E-state index is 4.58. The molecule has 0 atom stereocenters. The van der Waals surface area contributed by atoms with E-state index in [2.05, 4.69) is 66.7 Å². The lowest BCUT2D eigenvalue weighted by molar-refractivity contribution is 1.13. The zero-order chi connectivity index (χ0) is 14.1. The Bertz CT molecular complexity index is 777. The molecule has 20 heavy (non-hydrogen) atoms. The largest absolute Gasteiger partial charge is 0.304 e. The molecule has 0 radical (unpaired) electrons. The normalized spacial score (nSPS) is 11.6. The van der Waals surface area contributed by atoms with E-state index in [-0.39, 0.29) is 0 Å². The number of aliphatic imine (C=N–C) groups is 1. The predicted molar refractivity (Wildman–Crippen MR) is 86.1 cm³/mol. The summed E-state index contributed by atoms with van der Waals surface area (Å²) < 4.78 is 2.16. The molecule has 0 aliphatic rings. The van der Waals surface area contributed by atoms with Crippen LogP contribution in [0.2, 0.25) is 0 Å². The minimum Gasteiger partial charge on any atom is -0.304 e. The lowest BCUT2D eigenvalue weighted by Gasteiger charge is -2.01. The molecule has 0 amide bonds. The molecule has 2 aromatic carbocycles. The van der Waals surface area contributed by atoms with Crippen molar-refractivity contribution in [1.29, 1.82) is 0 Å². The van der Waals surface area contributed by atoms with Crippen LogP contribution in [0.1, 0.15) is 16.8 Å². The predicted octanol–water partition coefficient (Wildman–Crippen LogP) is 4.77. The lowest BCUT2D eigenvalue weighted by Crippen LogP contribution is -1.97. The van der Waals surface area contributed by atoms with Crippen molar-refractivity contribution in [1.82, 2.24) is 4.57 Å². The van der Waals surface area contributed by atoms with Crippen molar-refractivity contribution in [2.45, 2.75) is 20.8 Å². The van der Waals surface area contributed by atoms with Crippen molar-refractivity contribution in [2.24, 2.45) is 4.99 Å². The van der Waals surface area contributed by atoms with Gasteiger partial charge in [0.05, 0.1) is 17.5 Å². The molecular formula is C18H18N2. The van der Waals surface area contributed by atoms with Crippen LogP contribution in [0.4, 0.5) is 5.69 Å². The highest BCUT2D eigenvalue weighted by Crippen LogP contribution is 2.24. The molecule has 3 rings (SSSR count). The monoisotopic (exact) mass is 262 g/mol. The van der Waals surface area contributed by atoms with Crippen LogP contribution in [0, 0.1) is 20.8 Å². The SMILES string of the molecule is Cc1ccc(N=Cn2c(C)c(C)c3ccccc32)cc1. The van der Waals surface area contributed by atoms with Crippen molar-refractivity contribution >= 4 is 22.9 Å². The van der Waals surface area contributed by atoms with Crippen LogP contribution in [-0.4, -0.2) is 10.9 Å². The summed E-state index contributed by atoms with van der Waals surface area (Å²) >= 11 is 0. The molecule has 100 valence electrons. The van der Waals surface area contributed by atoms with E-state index in [9.17, 15) is 0 Å². The molecule has 0 unspecified atom stereocenters. The summed E-state index contributed by atoms with van der Waals surface area (Å²) in [6, 6.07) is 16.7. The first-order chi connectivity index (χ1) is 9.66. The Hall–Kier alpha value is -2.35. The van der Waals surface area contributed by atoms with Crippen LogP contribution < -0.4 is 0 Å². The average molecular weight is 262 g/mol. The van der Waals surface area contributed by atoms with Crippen molar-refractivity contribution in [3.05, 3.63) is 65.4 Å². The molecule has 0 fully saturated rings. The molecule has 0 saturated heterocycles. The number of para-hydroxylation sites is 1. The van der Waals surface area contributed by atoms with Crippen molar-refractivity contribution < 1.29 is 0 Å². The quantitative estimate of drug-likeness (QED) is 0.467. The molecule has 1 heterocycles. The highest BCUT2D eigenvalue weighted by Gasteiger charge is 2.08. The van der Waals surface area contributed by atoms with Crippen LogP contribution in [0.5, 0.6) is 0 Å². The fraction of sp³-hybridized carbons (Fsp3) is 0.167. The molecule has 0 saturated carbocycles. The van der Waals surface area contributed by atoms with E-state index < -0.39 is 0 Å². The summed E-state index contributed by atoms with van der Waals surface area (Å²) in [7, 11) is 0. The van der Waals surface area contributed by atoms with E-state index in [1.54, 1.807) is 0 Å². The second-order valence-electron chi connectivity index (χ2n) is 5.18. The van der Waals surface area contributed by atoms with E-state index >= 15 is 0 Å². The standard InChI is InChI=1S/C18H18N2/c1-13-8-10-16(11-9-13)19-12-20-15(3)14(2)17-6-4-5-7-18(17)20/h4-12H,1-3H3. The van der Waals surface area contributed by atoms with Crippen molar-refractivity contribution in [3.63, 3.8) is 0 Å². The summed E-state index contributed by atoms with van der Waals surface area (Å²) in [6.45, 7) is 6.38. The first-order valence-electron chi connectivity index (χ1n) is 6.84. The van der Waals surface area contributed by atoms with Gasteiger partial charge < -0.3 is 4.57 Å². The summed E-state index contributed by atoms with van der Waals surface area (Å²) in [4.78, 5) is 4.58. The zero-order valence-corrected chi connectivity index (χ0v) is 12.1. The number of hydrogen-bond donors (Lipinski definition) is 0. The maximum Gasteiger partial charge on any atom is 0.1000 e. The Labute approximate surface area is 119 Å². The van der Waals surface area contributed by atoms with Gasteiger partial charge >= 0.3 is 0 Å². The Morgan fingerprint density at radius 1 is 0.900 bits per heavy atom. The second-order valence-corrected chi connectivity index (χ2v) is 5.18. The van der Waals surface area contributed by atoms with E-state index in [4.69, 9.17) is 0 Å². The molecular weight excluding hydrogens is 244 g/mol. The van der Waals surface area contributed by atoms with Gasteiger partial charge in [0.25, 0.3) is 0 Å². The number of aryl methyl sites for hydroxylation is 2. The van der Waals surface area contributed by atoms with Gasteiger partial charge in [0.2, 0.25) is 0 Å². The topological polar surface area (TPSA) is 17.3 Å². The fourth-order valence-electron chi connectivity index (χ4n) is 2.46. The third-order valence-corrected chi connectivity index (χ3v) is 3.83. The van der Waals surface area contributed by atoms with Crippen molar-refractivity contribution in [2.75, 3.05) is 0 Å². The molecule has 3 aromatic rings. The smallest absolute Gasteiger partial charge is 0.1000 e. The summed E-state index contributed by atoms with van der Waals surface area (Å²) in [5, 5.41) is 1.29. The van der Waals surface area contributed by atoms with Gasteiger partial charge in [-0.25, -0.2) is 4.99 Å². The Morgan fingerprint density at radius 3 is 2.35 bits per heavy atom. The molecule has 2 nitrogen and oxygen atoms in total. The van der Waals surface area contributed by atoms with Crippen LogP contribution in [-0.2, 0) is 0 Å². The Balaban J connectivity index is 2.06. The van der Waals surface area contributed by atoms with Gasteiger partial charge in [-0.05, 0) is 44.5 Å². The van der Waals surface area contributed by atoms with Gasteiger partial charge in [-0.15, -0.1) is 0 Å². The van der Waals surface area contributed by atoms with E-state index in [1.807, 2.05) is 18.5 Å². The number of rotatable bonds is 2. The summed E-state index contributed by atoms with van der Waals surface area (Å²) in [6.07, 6.45) is 1.91. The third-order valence-electron chi connectivity index (χ3n) is 3.83. The minimum atomic E-state index is 0.977. The maximum absolute atomic E-state index is 4.58. The van der Waals surface area contributed by atoms with E-state index in [1.165, 1.54) is 27.7 Å². The number of hydrogen-bond acceptors (Lipinski definition) is 1.